The van der Waals surface area contributed by atoms with Gasteiger partial charge in [0.05, 0.1) is 0 Å². The summed E-state index contributed by atoms with van der Waals surface area (Å²) in [6.07, 6.45) is 1.12. The molecule has 1 aromatic rings. The molecule has 1 aromatic carbocycles. The maximum atomic E-state index is 11.6. The molecule has 2 amide bonds. The van der Waals surface area contributed by atoms with Crippen molar-refractivity contribution in [2.45, 2.75) is 32.4 Å². The Morgan fingerprint density at radius 3 is 2.47 bits per heavy atom. The van der Waals surface area contributed by atoms with Crippen LogP contribution in [-0.4, -0.2) is 23.1 Å². The number of halogens is 1. The molecule has 0 radical (unpaired) electrons. The molecule has 0 heterocycles. The zero-order valence-corrected chi connectivity index (χ0v) is 12.2. The summed E-state index contributed by atoms with van der Waals surface area (Å²) < 4.78 is 0.967. The van der Waals surface area contributed by atoms with Crippen LogP contribution in [0.5, 0.6) is 0 Å². The van der Waals surface area contributed by atoms with Crippen LogP contribution in [0, 0.1) is 0 Å². The highest BCUT2D eigenvalue weighted by Gasteiger charge is 2.18. The lowest BCUT2D eigenvalue weighted by Crippen LogP contribution is -2.45. The highest BCUT2D eigenvalue weighted by atomic mass is 79.9. The van der Waals surface area contributed by atoms with Crippen molar-refractivity contribution < 1.29 is 14.7 Å². The minimum Gasteiger partial charge on any atom is -0.480 e. The van der Waals surface area contributed by atoms with E-state index in [0.717, 1.165) is 10.0 Å². The highest BCUT2D eigenvalue weighted by Crippen LogP contribution is 2.10. The molecule has 19 heavy (non-hydrogen) atoms. The van der Waals surface area contributed by atoms with Gasteiger partial charge >= 0.3 is 12.0 Å². The summed E-state index contributed by atoms with van der Waals surface area (Å²) in [5.41, 5.74) is 0.945. The van der Waals surface area contributed by atoms with Crippen LogP contribution in [0.2, 0.25) is 0 Å². The molecule has 0 spiro atoms. The zero-order valence-electron chi connectivity index (χ0n) is 10.6. The summed E-state index contributed by atoms with van der Waals surface area (Å²) >= 11 is 3.33. The quantitative estimate of drug-likeness (QED) is 0.750. The highest BCUT2D eigenvalue weighted by molar-refractivity contribution is 9.10. The van der Waals surface area contributed by atoms with Crippen LogP contribution in [0.4, 0.5) is 4.79 Å². The smallest absolute Gasteiger partial charge is 0.326 e. The number of aliphatic carboxylic acids is 1. The summed E-state index contributed by atoms with van der Waals surface area (Å²) in [6.45, 7) is 2.23. The maximum Gasteiger partial charge on any atom is 0.326 e. The topological polar surface area (TPSA) is 78.4 Å². The lowest BCUT2D eigenvalue weighted by Gasteiger charge is -2.14. The fourth-order valence-electron chi connectivity index (χ4n) is 1.54. The summed E-state index contributed by atoms with van der Waals surface area (Å²) in [5.74, 6) is -1.01. The molecule has 0 aromatic heterocycles. The summed E-state index contributed by atoms with van der Waals surface area (Å²) in [6, 6.07) is 6.22. The van der Waals surface area contributed by atoms with Crippen LogP contribution in [-0.2, 0) is 11.3 Å². The normalized spacial score (nSPS) is 11.7. The zero-order chi connectivity index (χ0) is 14.3. The van der Waals surface area contributed by atoms with Crippen molar-refractivity contribution in [3.63, 3.8) is 0 Å². The molecule has 0 aliphatic heterocycles. The summed E-state index contributed by atoms with van der Waals surface area (Å²) in [4.78, 5) is 22.5. The number of rotatable bonds is 6. The second-order valence-corrected chi connectivity index (χ2v) is 5.05. The second-order valence-electron chi connectivity index (χ2n) is 4.13. The van der Waals surface area contributed by atoms with Gasteiger partial charge in [0.15, 0.2) is 0 Å². The fraction of sp³-hybridized carbons (Fsp3) is 0.385. The molecule has 1 atom stereocenters. The number of benzene rings is 1. The fourth-order valence-corrected chi connectivity index (χ4v) is 1.80. The van der Waals surface area contributed by atoms with E-state index < -0.39 is 18.0 Å². The molecule has 0 unspecified atom stereocenters. The molecular formula is C13H17BrN2O3. The predicted octanol–water partition coefficient (Wildman–Crippen LogP) is 2.50. The van der Waals surface area contributed by atoms with Gasteiger partial charge in [-0.05, 0) is 24.1 Å². The molecule has 3 N–H and O–H groups in total. The van der Waals surface area contributed by atoms with Crippen molar-refractivity contribution in [1.82, 2.24) is 10.6 Å². The predicted molar refractivity (Wildman–Crippen MR) is 75.8 cm³/mol. The van der Waals surface area contributed by atoms with Gasteiger partial charge in [0.1, 0.15) is 6.04 Å². The van der Waals surface area contributed by atoms with Gasteiger partial charge in [-0.15, -0.1) is 0 Å². The first-order chi connectivity index (χ1) is 9.02. The SMILES string of the molecule is CCC[C@H](NC(=O)NCc1ccc(Br)cc1)C(=O)O. The number of carbonyl (C=O) groups is 2. The maximum absolute atomic E-state index is 11.6. The number of carbonyl (C=O) groups excluding carboxylic acids is 1. The lowest BCUT2D eigenvalue weighted by atomic mass is 10.2. The van der Waals surface area contributed by atoms with E-state index in [1.807, 2.05) is 31.2 Å². The molecule has 0 saturated carbocycles. The van der Waals surface area contributed by atoms with E-state index in [0.29, 0.717) is 19.4 Å². The Labute approximate surface area is 120 Å². The Kier molecular flexibility index (Phi) is 6.35. The molecule has 104 valence electrons. The van der Waals surface area contributed by atoms with E-state index in [2.05, 4.69) is 26.6 Å². The number of urea groups is 1. The van der Waals surface area contributed by atoms with Gasteiger partial charge in [0.2, 0.25) is 0 Å². The average Bonchev–Trinajstić information content (AvgIpc) is 2.37. The third-order valence-corrected chi connectivity index (χ3v) is 3.08. The van der Waals surface area contributed by atoms with Crippen LogP contribution >= 0.6 is 15.9 Å². The molecule has 6 heteroatoms. The average molecular weight is 329 g/mol. The first-order valence-electron chi connectivity index (χ1n) is 6.04. The third-order valence-electron chi connectivity index (χ3n) is 2.55. The number of carboxylic acid groups (broad SMARTS) is 1. The second kappa shape index (κ2) is 7.78. The van der Waals surface area contributed by atoms with Gasteiger partial charge in [0.25, 0.3) is 0 Å². The van der Waals surface area contributed by atoms with Crippen molar-refractivity contribution in [1.29, 1.82) is 0 Å². The minimum atomic E-state index is -1.01. The Morgan fingerprint density at radius 2 is 1.95 bits per heavy atom. The largest absolute Gasteiger partial charge is 0.480 e. The van der Waals surface area contributed by atoms with Crippen LogP contribution < -0.4 is 10.6 Å². The standard InChI is InChI=1S/C13H17BrN2O3/c1-2-3-11(12(17)18)16-13(19)15-8-9-4-6-10(14)7-5-9/h4-7,11H,2-3,8H2,1H3,(H,17,18)(H2,15,16,19)/t11-/m0/s1. The van der Waals surface area contributed by atoms with Gasteiger partial charge in [-0.1, -0.05) is 41.4 Å². The first-order valence-corrected chi connectivity index (χ1v) is 6.84. The van der Waals surface area contributed by atoms with E-state index in [4.69, 9.17) is 5.11 Å². The van der Waals surface area contributed by atoms with Crippen LogP contribution in [0.15, 0.2) is 28.7 Å². The van der Waals surface area contributed by atoms with Crippen LogP contribution in [0.3, 0.4) is 0 Å². The minimum absolute atomic E-state index is 0.359. The van der Waals surface area contributed by atoms with Gasteiger partial charge in [-0.3, -0.25) is 0 Å². The number of carboxylic acids is 1. The molecule has 0 aliphatic rings. The Hall–Kier alpha value is -1.56. The van der Waals surface area contributed by atoms with Crippen molar-refractivity contribution in [3.05, 3.63) is 34.3 Å². The Morgan fingerprint density at radius 1 is 1.32 bits per heavy atom. The van der Waals surface area contributed by atoms with Crippen molar-refractivity contribution >= 4 is 27.9 Å². The van der Waals surface area contributed by atoms with E-state index in [1.165, 1.54) is 0 Å². The van der Waals surface area contributed by atoms with Gasteiger partial charge in [-0.2, -0.15) is 0 Å². The Bertz CT molecular complexity index is 434. The van der Waals surface area contributed by atoms with Crippen molar-refractivity contribution in [2.24, 2.45) is 0 Å². The molecule has 0 saturated heterocycles. The van der Waals surface area contributed by atoms with Gasteiger partial charge in [0, 0.05) is 11.0 Å². The molecule has 1 rings (SSSR count). The van der Waals surface area contributed by atoms with Crippen molar-refractivity contribution in [2.75, 3.05) is 0 Å². The van der Waals surface area contributed by atoms with E-state index in [1.54, 1.807) is 0 Å². The number of hydrogen-bond acceptors (Lipinski definition) is 2. The first kappa shape index (κ1) is 15.5. The van der Waals surface area contributed by atoms with E-state index in [-0.39, 0.29) is 0 Å². The third kappa shape index (κ3) is 5.74. The van der Waals surface area contributed by atoms with Gasteiger partial charge < -0.3 is 15.7 Å². The van der Waals surface area contributed by atoms with Gasteiger partial charge in [-0.25, -0.2) is 9.59 Å². The van der Waals surface area contributed by atoms with Crippen LogP contribution in [0.25, 0.3) is 0 Å². The molecule has 0 bridgehead atoms. The van der Waals surface area contributed by atoms with E-state index in [9.17, 15) is 9.59 Å². The molecule has 0 fully saturated rings. The number of hydrogen-bond donors (Lipinski definition) is 3. The van der Waals surface area contributed by atoms with Crippen LogP contribution in [0.1, 0.15) is 25.3 Å². The molecule has 0 aliphatic carbocycles. The van der Waals surface area contributed by atoms with Crippen molar-refractivity contribution in [3.8, 4) is 0 Å². The monoisotopic (exact) mass is 328 g/mol. The number of nitrogens with one attached hydrogen (secondary N) is 2. The summed E-state index contributed by atoms with van der Waals surface area (Å²) in [5, 5.41) is 14.0. The molecule has 5 nitrogen and oxygen atoms in total. The molecular weight excluding hydrogens is 312 g/mol. The summed E-state index contributed by atoms with van der Waals surface area (Å²) in [7, 11) is 0. The lowest BCUT2D eigenvalue weighted by molar-refractivity contribution is -0.139. The Balaban J connectivity index is 2.42. The van der Waals surface area contributed by atoms with E-state index >= 15 is 0 Å². The number of amides is 2.